The number of thiophene rings is 1. The number of rotatable bonds is 3. The van der Waals surface area contributed by atoms with E-state index in [0.717, 1.165) is 20.6 Å². The zero-order valence-electron chi connectivity index (χ0n) is 8.74. The van der Waals surface area contributed by atoms with Crippen LogP contribution in [0.25, 0.3) is 0 Å². The number of Topliss-reactive ketones (excluding diaryl/α,β-unsaturated/α-hetero) is 1. The zero-order chi connectivity index (χ0) is 11.5. The highest BCUT2D eigenvalue weighted by Crippen LogP contribution is 2.21. The van der Waals surface area contributed by atoms with Crippen LogP contribution in [0.3, 0.4) is 0 Å². The Kier molecular flexibility index (Phi) is 3.51. The number of hydrogen-bond acceptors (Lipinski definition) is 3. The minimum Gasteiger partial charge on any atom is -0.294 e. The molecule has 2 aromatic rings. The molecule has 0 amide bonds. The second kappa shape index (κ2) is 4.89. The smallest absolute Gasteiger partial charge is 0.169 e. The van der Waals surface area contributed by atoms with Crippen molar-refractivity contribution in [1.82, 2.24) is 4.98 Å². The normalized spacial score (nSPS) is 10.4. The van der Waals surface area contributed by atoms with Crippen molar-refractivity contribution in [3.63, 3.8) is 0 Å². The van der Waals surface area contributed by atoms with Gasteiger partial charge in [-0.3, -0.25) is 9.78 Å². The van der Waals surface area contributed by atoms with E-state index in [0.29, 0.717) is 6.42 Å². The summed E-state index contributed by atoms with van der Waals surface area (Å²) in [7, 11) is 0. The van der Waals surface area contributed by atoms with Crippen molar-refractivity contribution in [2.24, 2.45) is 0 Å². The second-order valence-electron chi connectivity index (χ2n) is 3.57. The van der Waals surface area contributed by atoms with E-state index in [-0.39, 0.29) is 5.78 Å². The summed E-state index contributed by atoms with van der Waals surface area (Å²) in [5.41, 5.74) is 2.67. The number of carbonyl (C=O) groups excluding carboxylic acids is 1. The fraction of sp³-hybridized carbons (Fsp3) is 0.167. The minimum absolute atomic E-state index is 0.110. The van der Waals surface area contributed by atoms with Crippen molar-refractivity contribution in [2.75, 3.05) is 0 Å². The van der Waals surface area contributed by atoms with Crippen LogP contribution in [-0.2, 0) is 6.42 Å². The fourth-order valence-electron chi connectivity index (χ4n) is 1.33. The van der Waals surface area contributed by atoms with E-state index >= 15 is 0 Å². The maximum atomic E-state index is 11.9. The molecule has 0 atom stereocenters. The average Bonchev–Trinajstić information content (AvgIpc) is 2.68. The lowest BCUT2D eigenvalue weighted by Crippen LogP contribution is -2.03. The summed E-state index contributed by atoms with van der Waals surface area (Å²) in [6, 6.07) is 5.72. The van der Waals surface area contributed by atoms with E-state index in [1.807, 2.05) is 30.5 Å². The van der Waals surface area contributed by atoms with Crippen LogP contribution in [-0.4, -0.2) is 10.8 Å². The third-order valence-corrected chi connectivity index (χ3v) is 3.71. The van der Waals surface area contributed by atoms with Crippen LogP contribution in [0.5, 0.6) is 0 Å². The third kappa shape index (κ3) is 2.77. The quantitative estimate of drug-likeness (QED) is 0.809. The van der Waals surface area contributed by atoms with Crippen molar-refractivity contribution < 1.29 is 4.79 Å². The average molecular weight is 296 g/mol. The lowest BCUT2D eigenvalue weighted by Gasteiger charge is -1.99. The molecule has 0 N–H and O–H groups in total. The molecule has 16 heavy (non-hydrogen) atoms. The number of halogens is 1. The number of pyridine rings is 1. The Morgan fingerprint density at radius 2 is 2.31 bits per heavy atom. The van der Waals surface area contributed by atoms with Crippen LogP contribution in [0.4, 0.5) is 0 Å². The number of aromatic nitrogens is 1. The van der Waals surface area contributed by atoms with Gasteiger partial charge in [-0.25, -0.2) is 0 Å². The zero-order valence-corrected chi connectivity index (χ0v) is 11.1. The van der Waals surface area contributed by atoms with Gasteiger partial charge in [-0.2, -0.15) is 0 Å². The monoisotopic (exact) mass is 295 g/mol. The van der Waals surface area contributed by atoms with Crippen molar-refractivity contribution >= 4 is 33.0 Å². The molecule has 0 aliphatic rings. The van der Waals surface area contributed by atoms with E-state index in [4.69, 9.17) is 0 Å². The summed E-state index contributed by atoms with van der Waals surface area (Å²) in [6.07, 6.45) is 2.15. The Hall–Kier alpha value is -1.00. The molecule has 0 spiro atoms. The highest BCUT2D eigenvalue weighted by molar-refractivity contribution is 9.11. The molecule has 0 radical (unpaired) electrons. The van der Waals surface area contributed by atoms with E-state index < -0.39 is 0 Å². The molecular weight excluding hydrogens is 286 g/mol. The minimum atomic E-state index is 0.110. The van der Waals surface area contributed by atoms with Crippen molar-refractivity contribution in [1.29, 1.82) is 0 Å². The molecule has 0 aliphatic carbocycles. The highest BCUT2D eigenvalue weighted by atomic mass is 79.9. The molecule has 2 nitrogen and oxygen atoms in total. The lowest BCUT2D eigenvalue weighted by atomic mass is 10.1. The molecular formula is C12H10BrNOS. The summed E-state index contributed by atoms with van der Waals surface area (Å²) in [5.74, 6) is 0.110. The standard InChI is InChI=1S/C12H10BrNOS/c1-8-2-3-10(14-6-8)5-11(15)9-4-12(13)16-7-9/h2-4,6-7H,5H2,1H3. The SMILES string of the molecule is Cc1ccc(CC(=O)c2csc(Br)c2)nc1. The first-order chi connectivity index (χ1) is 7.65. The lowest BCUT2D eigenvalue weighted by molar-refractivity contribution is 0.0992. The molecule has 0 saturated heterocycles. The summed E-state index contributed by atoms with van der Waals surface area (Å²) in [5, 5.41) is 1.86. The van der Waals surface area contributed by atoms with Gasteiger partial charge in [0.15, 0.2) is 5.78 Å². The summed E-state index contributed by atoms with van der Waals surface area (Å²) >= 11 is 4.87. The summed E-state index contributed by atoms with van der Waals surface area (Å²) < 4.78 is 0.979. The number of hydrogen-bond donors (Lipinski definition) is 0. The third-order valence-electron chi connectivity index (χ3n) is 2.20. The van der Waals surface area contributed by atoms with Crippen molar-refractivity contribution in [2.45, 2.75) is 13.3 Å². The van der Waals surface area contributed by atoms with Gasteiger partial charge in [0.05, 0.1) is 10.2 Å². The Balaban J connectivity index is 2.10. The van der Waals surface area contributed by atoms with E-state index in [1.54, 1.807) is 6.20 Å². The predicted octanol–water partition coefficient (Wildman–Crippen LogP) is 3.64. The van der Waals surface area contributed by atoms with Gasteiger partial charge < -0.3 is 0 Å². The van der Waals surface area contributed by atoms with Crippen molar-refractivity contribution in [3.8, 4) is 0 Å². The van der Waals surface area contributed by atoms with E-state index in [1.165, 1.54) is 11.3 Å². The topological polar surface area (TPSA) is 30.0 Å². The van der Waals surface area contributed by atoms with Crippen LogP contribution in [0, 0.1) is 6.92 Å². The Morgan fingerprint density at radius 3 is 2.88 bits per heavy atom. The van der Waals surface area contributed by atoms with E-state index in [2.05, 4.69) is 20.9 Å². The maximum Gasteiger partial charge on any atom is 0.169 e. The molecule has 0 saturated carbocycles. The van der Waals surface area contributed by atoms with Crippen LogP contribution in [0.1, 0.15) is 21.6 Å². The molecule has 2 rings (SSSR count). The maximum absolute atomic E-state index is 11.9. The first-order valence-corrected chi connectivity index (χ1v) is 6.51. The van der Waals surface area contributed by atoms with Gasteiger partial charge in [0.25, 0.3) is 0 Å². The number of carbonyl (C=O) groups is 1. The Morgan fingerprint density at radius 1 is 1.50 bits per heavy atom. The molecule has 0 fully saturated rings. The molecule has 0 unspecified atom stereocenters. The molecule has 0 bridgehead atoms. The number of nitrogens with zero attached hydrogens (tertiary/aromatic N) is 1. The summed E-state index contributed by atoms with van der Waals surface area (Å²) in [6.45, 7) is 1.98. The van der Waals surface area contributed by atoms with Gasteiger partial charge in [-0.05, 0) is 40.5 Å². The Bertz CT molecular complexity index is 504. The van der Waals surface area contributed by atoms with E-state index in [9.17, 15) is 4.79 Å². The molecule has 0 aromatic carbocycles. The molecule has 82 valence electrons. The fourth-order valence-corrected chi connectivity index (χ4v) is 2.49. The van der Waals surface area contributed by atoms with Gasteiger partial charge >= 0.3 is 0 Å². The second-order valence-corrected chi connectivity index (χ2v) is 5.86. The number of ketones is 1. The first-order valence-electron chi connectivity index (χ1n) is 4.84. The Labute approximate surface area is 106 Å². The summed E-state index contributed by atoms with van der Waals surface area (Å²) in [4.78, 5) is 16.1. The predicted molar refractivity (Wildman–Crippen MR) is 69.0 cm³/mol. The van der Waals surface area contributed by atoms with Crippen molar-refractivity contribution in [3.05, 3.63) is 50.4 Å². The van der Waals surface area contributed by atoms with Gasteiger partial charge in [0.1, 0.15) is 0 Å². The molecule has 2 aromatic heterocycles. The highest BCUT2D eigenvalue weighted by Gasteiger charge is 2.09. The van der Waals surface area contributed by atoms with Crippen LogP contribution in [0.2, 0.25) is 0 Å². The molecule has 2 heterocycles. The van der Waals surface area contributed by atoms with Gasteiger partial charge in [-0.1, -0.05) is 6.07 Å². The number of aryl methyl sites for hydroxylation is 1. The largest absolute Gasteiger partial charge is 0.294 e. The van der Waals surface area contributed by atoms with Gasteiger partial charge in [0.2, 0.25) is 0 Å². The van der Waals surface area contributed by atoms with Crippen LogP contribution < -0.4 is 0 Å². The molecule has 4 heteroatoms. The van der Waals surface area contributed by atoms with Gasteiger partial charge in [0, 0.05) is 22.8 Å². The van der Waals surface area contributed by atoms with Gasteiger partial charge in [-0.15, -0.1) is 11.3 Å². The first kappa shape index (κ1) is 11.5. The van der Waals surface area contributed by atoms with Crippen LogP contribution in [0.15, 0.2) is 33.6 Å². The van der Waals surface area contributed by atoms with Crippen LogP contribution >= 0.6 is 27.3 Å². The molecule has 0 aliphatic heterocycles.